The molecule has 5 heterocycles. The van der Waals surface area contributed by atoms with Gasteiger partial charge in [-0.15, -0.1) is 0 Å². The van der Waals surface area contributed by atoms with Crippen LogP contribution in [0.4, 0.5) is 24.6 Å². The number of hydrogen-bond donors (Lipinski definition) is 0. The van der Waals surface area contributed by atoms with Crippen LogP contribution in [0.15, 0.2) is 12.3 Å². The topological polar surface area (TPSA) is 128 Å². The first-order valence-electron chi connectivity index (χ1n) is 17.0. The Morgan fingerprint density at radius 2 is 1.60 bits per heavy atom. The number of amides is 3. The third-order valence-corrected chi connectivity index (χ3v) is 8.74. The summed E-state index contributed by atoms with van der Waals surface area (Å²) in [6.07, 6.45) is 2.62. The molecule has 3 saturated heterocycles. The average Bonchev–Trinajstić information content (AvgIpc) is 3.42. The van der Waals surface area contributed by atoms with Crippen LogP contribution >= 0.6 is 0 Å². The fourth-order valence-electron chi connectivity index (χ4n) is 6.28. The van der Waals surface area contributed by atoms with Crippen LogP contribution in [0.25, 0.3) is 5.65 Å². The molecule has 48 heavy (non-hydrogen) atoms. The molecule has 266 valence electrons. The lowest BCUT2D eigenvalue weighted by Gasteiger charge is -2.44. The first-order valence-corrected chi connectivity index (χ1v) is 17.0. The largest absolute Gasteiger partial charge is 0.446 e. The van der Waals surface area contributed by atoms with Crippen LogP contribution in [0.3, 0.4) is 0 Å². The number of carbonyl (C=O) groups excluding carboxylic acids is 3. The van der Waals surface area contributed by atoms with Crippen LogP contribution in [0.2, 0.25) is 0 Å². The number of carbonyl (C=O) groups is 3. The summed E-state index contributed by atoms with van der Waals surface area (Å²) in [5, 5.41) is 4.69. The monoisotopic (exact) mass is 674 g/mol. The fourth-order valence-corrected chi connectivity index (χ4v) is 6.28. The van der Waals surface area contributed by atoms with Gasteiger partial charge in [0.25, 0.3) is 0 Å². The van der Waals surface area contributed by atoms with Crippen molar-refractivity contribution in [3.05, 3.63) is 23.5 Å². The maximum Gasteiger partial charge on any atom is 0.416 e. The van der Waals surface area contributed by atoms with Crippen molar-refractivity contribution >= 4 is 29.7 Å². The second-order valence-corrected chi connectivity index (χ2v) is 15.5. The Kier molecular flexibility index (Phi) is 10.1. The van der Waals surface area contributed by atoms with E-state index in [0.717, 1.165) is 24.1 Å². The number of alkyl halides is 1. The van der Waals surface area contributed by atoms with Crippen molar-refractivity contribution in [2.75, 3.05) is 50.9 Å². The number of halogens is 1. The van der Waals surface area contributed by atoms with Crippen molar-refractivity contribution in [3.63, 3.8) is 0 Å². The highest BCUT2D eigenvalue weighted by Gasteiger charge is 2.48. The Morgan fingerprint density at radius 1 is 0.979 bits per heavy atom. The van der Waals surface area contributed by atoms with E-state index in [4.69, 9.17) is 23.9 Å². The molecule has 0 unspecified atom stereocenters. The molecule has 2 aromatic rings. The van der Waals surface area contributed by atoms with Crippen LogP contribution in [-0.2, 0) is 18.9 Å². The molecule has 0 saturated carbocycles. The summed E-state index contributed by atoms with van der Waals surface area (Å²) < 4.78 is 39.1. The molecule has 0 atom stereocenters. The van der Waals surface area contributed by atoms with Crippen molar-refractivity contribution < 1.29 is 37.7 Å². The van der Waals surface area contributed by atoms with Crippen molar-refractivity contribution in [2.24, 2.45) is 0 Å². The molecular formula is C34H51FN6O7. The highest BCUT2D eigenvalue weighted by molar-refractivity contribution is 5.88. The first-order chi connectivity index (χ1) is 22.4. The molecule has 0 aromatic carbocycles. The molecule has 0 bridgehead atoms. The van der Waals surface area contributed by atoms with E-state index in [2.05, 4.69) is 18.9 Å². The van der Waals surface area contributed by atoms with Crippen molar-refractivity contribution in [2.45, 2.75) is 116 Å². The van der Waals surface area contributed by atoms with Gasteiger partial charge in [0.2, 0.25) is 0 Å². The van der Waals surface area contributed by atoms with Crippen LogP contribution in [0, 0.1) is 0 Å². The van der Waals surface area contributed by atoms with Gasteiger partial charge in [-0.25, -0.2) is 23.8 Å². The van der Waals surface area contributed by atoms with Gasteiger partial charge in [-0.2, -0.15) is 9.61 Å². The Morgan fingerprint density at radius 3 is 2.19 bits per heavy atom. The van der Waals surface area contributed by atoms with Gasteiger partial charge in [-0.05, 0) is 73.1 Å². The predicted molar refractivity (Wildman–Crippen MR) is 176 cm³/mol. The Hall–Kier alpha value is -3.68. The number of hydrogen-bond acceptors (Lipinski definition) is 9. The van der Waals surface area contributed by atoms with Gasteiger partial charge in [-0.1, -0.05) is 13.8 Å². The van der Waals surface area contributed by atoms with E-state index in [-0.39, 0.29) is 31.0 Å². The number of ether oxygens (including phenoxy) is 4. The van der Waals surface area contributed by atoms with E-state index in [1.54, 1.807) is 30.2 Å². The Balaban J connectivity index is 1.31. The Bertz CT molecular complexity index is 1480. The van der Waals surface area contributed by atoms with Crippen molar-refractivity contribution in [1.82, 2.24) is 24.4 Å². The second-order valence-electron chi connectivity index (χ2n) is 15.5. The number of nitrogens with zero attached hydrogens (tertiary/aromatic N) is 6. The molecule has 3 fully saturated rings. The number of anilines is 1. The number of aromatic nitrogens is 3. The molecular weight excluding hydrogens is 623 g/mol. The van der Waals surface area contributed by atoms with Crippen molar-refractivity contribution in [3.8, 4) is 0 Å². The summed E-state index contributed by atoms with van der Waals surface area (Å²) in [5.41, 5.74) is -0.676. The van der Waals surface area contributed by atoms with Gasteiger partial charge in [0.05, 0.1) is 19.3 Å². The zero-order valence-corrected chi connectivity index (χ0v) is 29.6. The minimum absolute atomic E-state index is 0.167. The highest BCUT2D eigenvalue weighted by atomic mass is 19.1. The average molecular weight is 675 g/mol. The number of fused-ring (bicyclic) bond motifs is 1. The summed E-state index contributed by atoms with van der Waals surface area (Å²) in [7, 11) is 0. The molecule has 2 aromatic heterocycles. The van der Waals surface area contributed by atoms with Gasteiger partial charge < -0.3 is 28.7 Å². The summed E-state index contributed by atoms with van der Waals surface area (Å²) in [4.78, 5) is 48.7. The zero-order valence-electron chi connectivity index (χ0n) is 29.6. The first kappa shape index (κ1) is 35.6. The molecule has 3 aliphatic heterocycles. The maximum atomic E-state index is 15.2. The van der Waals surface area contributed by atoms with Gasteiger partial charge in [-0.3, -0.25) is 4.90 Å². The van der Waals surface area contributed by atoms with E-state index in [1.807, 2.05) is 33.0 Å². The smallest absolute Gasteiger partial charge is 0.416 e. The lowest BCUT2D eigenvalue weighted by Crippen LogP contribution is -2.64. The lowest BCUT2D eigenvalue weighted by molar-refractivity contribution is -0.0784. The van der Waals surface area contributed by atoms with E-state index in [0.29, 0.717) is 50.6 Å². The lowest BCUT2D eigenvalue weighted by atomic mass is 9.95. The van der Waals surface area contributed by atoms with Gasteiger partial charge in [0, 0.05) is 55.6 Å². The van der Waals surface area contributed by atoms with Gasteiger partial charge in [0.1, 0.15) is 23.6 Å². The molecule has 3 aliphatic rings. The molecule has 0 spiro atoms. The maximum absolute atomic E-state index is 15.2. The van der Waals surface area contributed by atoms with E-state index >= 15 is 4.39 Å². The molecule has 13 nitrogen and oxygen atoms in total. The van der Waals surface area contributed by atoms with Crippen LogP contribution in [0.1, 0.15) is 104 Å². The van der Waals surface area contributed by atoms with Gasteiger partial charge in [0.15, 0.2) is 11.3 Å². The van der Waals surface area contributed by atoms with Crippen LogP contribution in [0.5, 0.6) is 0 Å². The standard InChI is InChI=1S/C34H51FN6O7/c1-22(2)25-18-36-41-27(17-26(37-28(25)41)23-11-15-45-16-12-23)40(31(44)48-33(6,7)8)24-9-13-38(14-10-24)29(42)46-21-34(35)19-39(20-34)30(43)47-32(3,4)5/h17-18,22-24H,9-16,19-21H2,1-8H3. The molecule has 5 rings (SSSR count). The summed E-state index contributed by atoms with van der Waals surface area (Å²) in [6.45, 7) is 15.9. The van der Waals surface area contributed by atoms with Crippen molar-refractivity contribution in [1.29, 1.82) is 0 Å². The van der Waals surface area contributed by atoms with Gasteiger partial charge >= 0.3 is 18.3 Å². The normalized spacial score (nSPS) is 19.3. The number of rotatable bonds is 6. The fraction of sp³-hybridized carbons (Fsp3) is 0.735. The third kappa shape index (κ3) is 8.30. The van der Waals surface area contributed by atoms with Crippen LogP contribution in [-0.4, -0.2) is 112 Å². The quantitative estimate of drug-likeness (QED) is 0.337. The Labute approximate surface area is 282 Å². The molecule has 0 radical (unpaired) electrons. The van der Waals surface area contributed by atoms with E-state index < -0.39 is 41.8 Å². The van der Waals surface area contributed by atoms with E-state index in [9.17, 15) is 14.4 Å². The zero-order chi connectivity index (χ0) is 35.0. The molecule has 0 aliphatic carbocycles. The summed E-state index contributed by atoms with van der Waals surface area (Å²) in [6, 6.07) is 1.63. The minimum atomic E-state index is -1.83. The molecule has 14 heteroatoms. The minimum Gasteiger partial charge on any atom is -0.446 e. The number of likely N-dealkylation sites (tertiary alicyclic amines) is 2. The second kappa shape index (κ2) is 13.7. The van der Waals surface area contributed by atoms with E-state index in [1.165, 1.54) is 9.80 Å². The predicted octanol–water partition coefficient (Wildman–Crippen LogP) is 6.05. The van der Waals surface area contributed by atoms with Crippen LogP contribution < -0.4 is 4.90 Å². The summed E-state index contributed by atoms with van der Waals surface area (Å²) >= 11 is 0. The highest BCUT2D eigenvalue weighted by Crippen LogP contribution is 2.34. The third-order valence-electron chi connectivity index (χ3n) is 8.74. The summed E-state index contributed by atoms with van der Waals surface area (Å²) in [5.74, 6) is 0.920. The molecule has 3 amide bonds. The SMILES string of the molecule is CC(C)c1cnn2c(N(C(=O)OC(C)(C)C)C3CCN(C(=O)OCC4(F)CN(C(=O)OC(C)(C)C)C4)CC3)cc(C3CCOCC3)nc12. The number of piperidine rings is 1. The molecule has 0 N–H and O–H groups in total.